The molecule has 328 valence electrons. The van der Waals surface area contributed by atoms with Crippen LogP contribution in [0.1, 0.15) is 126 Å². The molecule has 0 atom stereocenters. The summed E-state index contributed by atoms with van der Waals surface area (Å²) in [5.41, 5.74) is 3.16. The van der Waals surface area contributed by atoms with Crippen LogP contribution in [0.25, 0.3) is 10.9 Å². The normalized spacial score (nSPS) is 13.3. The van der Waals surface area contributed by atoms with Gasteiger partial charge in [0.05, 0.1) is 56.5 Å². The smallest absolute Gasteiger partial charge is 0.339 e. The average molecular weight is 896 g/mol. The Morgan fingerprint density at radius 1 is 0.902 bits per heavy atom. The molecule has 15 heteroatoms. The quantitative estimate of drug-likeness (QED) is 0.0378. The van der Waals surface area contributed by atoms with Crippen LogP contribution < -0.4 is 21.2 Å². The monoisotopic (exact) mass is 894 g/mol. The number of aromatic nitrogens is 2. The van der Waals surface area contributed by atoms with Crippen molar-refractivity contribution in [1.82, 2.24) is 9.66 Å². The molecule has 0 radical (unpaired) electrons. The van der Waals surface area contributed by atoms with Gasteiger partial charge in [0.25, 0.3) is 11.5 Å². The third-order valence-corrected chi connectivity index (χ3v) is 12.1. The molecule has 61 heavy (non-hydrogen) atoms. The van der Waals surface area contributed by atoms with E-state index < -0.39 is 28.8 Å². The van der Waals surface area contributed by atoms with Crippen LogP contribution in [0.5, 0.6) is 0 Å². The fourth-order valence-corrected chi connectivity index (χ4v) is 7.90. The topological polar surface area (TPSA) is 155 Å². The van der Waals surface area contributed by atoms with Gasteiger partial charge in [-0.1, -0.05) is 106 Å². The molecule has 4 aromatic rings. The number of aliphatic imine (C=N–C) groups is 1. The van der Waals surface area contributed by atoms with Gasteiger partial charge in [0, 0.05) is 23.8 Å². The van der Waals surface area contributed by atoms with Crippen LogP contribution in [-0.4, -0.2) is 64.6 Å². The van der Waals surface area contributed by atoms with Crippen LogP contribution in [0.15, 0.2) is 58.3 Å². The molecule has 0 bridgehead atoms. The number of rotatable bonds is 23. The minimum absolute atomic E-state index is 0.000836. The minimum atomic E-state index is -0.854. The van der Waals surface area contributed by atoms with E-state index in [-0.39, 0.29) is 62.0 Å². The average Bonchev–Trinajstić information content (AvgIpc) is 4.05. The number of likely N-dealkylation sites (N-methyl/N-ethyl adjacent to an activating group) is 1. The number of nitrogens with one attached hydrogen (secondary N) is 2. The van der Waals surface area contributed by atoms with Crippen LogP contribution in [0.3, 0.4) is 0 Å². The van der Waals surface area contributed by atoms with Gasteiger partial charge >= 0.3 is 5.97 Å². The number of aryl methyl sites for hydroxylation is 1. The number of halogens is 3. The first-order chi connectivity index (χ1) is 29.4. The lowest BCUT2D eigenvalue weighted by atomic mass is 10.0. The summed E-state index contributed by atoms with van der Waals surface area (Å²) in [6, 6.07) is 12.6. The lowest BCUT2D eigenvalue weighted by Gasteiger charge is -2.23. The van der Waals surface area contributed by atoms with E-state index in [1.54, 1.807) is 18.2 Å². The Hall–Kier alpha value is -4.49. The molecule has 1 heterocycles. The first-order valence-corrected chi connectivity index (χ1v) is 22.6. The lowest BCUT2D eigenvalue weighted by molar-refractivity contribution is -0.122. The highest BCUT2D eigenvalue weighted by Crippen LogP contribution is 2.49. The number of carbonyl (C=O) groups is 3. The van der Waals surface area contributed by atoms with E-state index in [0.717, 1.165) is 29.6 Å². The zero-order valence-electron chi connectivity index (χ0n) is 35.6. The summed E-state index contributed by atoms with van der Waals surface area (Å²) in [7, 11) is 0. The van der Waals surface area contributed by atoms with Gasteiger partial charge in [-0.3, -0.25) is 19.8 Å². The molecule has 0 unspecified atom stereocenters. The molecule has 1 fully saturated rings. The lowest BCUT2D eigenvalue weighted by Crippen LogP contribution is -2.42. The van der Waals surface area contributed by atoms with Crippen molar-refractivity contribution >= 4 is 86.3 Å². The van der Waals surface area contributed by atoms with Crippen molar-refractivity contribution in [2.75, 3.05) is 41.9 Å². The summed E-state index contributed by atoms with van der Waals surface area (Å²) in [6.45, 7) is 9.14. The molecule has 0 aliphatic heterocycles. The first-order valence-electron chi connectivity index (χ1n) is 21.4. The number of amides is 2. The van der Waals surface area contributed by atoms with Gasteiger partial charge in [-0.05, 0) is 93.6 Å². The molecule has 0 spiro atoms. The van der Waals surface area contributed by atoms with E-state index in [4.69, 9.17) is 49.5 Å². The zero-order chi connectivity index (χ0) is 44.1. The van der Waals surface area contributed by atoms with E-state index in [0.29, 0.717) is 50.0 Å². The molecule has 2 amide bonds. The Morgan fingerprint density at radius 3 is 2.21 bits per heavy atom. The molecule has 3 aromatic carbocycles. The van der Waals surface area contributed by atoms with E-state index >= 15 is 0 Å². The van der Waals surface area contributed by atoms with Crippen molar-refractivity contribution in [2.45, 2.75) is 111 Å². The van der Waals surface area contributed by atoms with Gasteiger partial charge < -0.3 is 20.1 Å². The Kier molecular flexibility index (Phi) is 17.6. The minimum Gasteiger partial charge on any atom is -0.462 e. The van der Waals surface area contributed by atoms with Gasteiger partial charge in [0.15, 0.2) is 11.5 Å². The Bertz CT molecular complexity index is 2290. The molecule has 5 rings (SSSR count). The summed E-state index contributed by atoms with van der Waals surface area (Å²) in [5, 5.41) is 12.8. The van der Waals surface area contributed by atoms with Crippen LogP contribution >= 0.6 is 34.8 Å². The van der Waals surface area contributed by atoms with Gasteiger partial charge in [0.1, 0.15) is 0 Å². The summed E-state index contributed by atoms with van der Waals surface area (Å²) < 4.78 is 6.52. The summed E-state index contributed by atoms with van der Waals surface area (Å²) >= 11 is 19.4. The standard InChI is InChI=1S/C46H57Cl3N6O6/c1-5-8-9-10-11-12-13-14-15-16-25-61-44(59)33-28-39(36(49)29-35(33)48)52-42(57)40(50-37-20-18-32(26-30(37)4)54(7-3)23-24-56)41-51-38-19-17-31(47)27-34(38)43(58)55(41)53-45(60)46(6-2)21-22-46/h17-20,26-29,56H,5-16,21-25H2,1-4H3,(H,52,57)(H,53,60)/b50-40+. The molecule has 1 aromatic heterocycles. The second kappa shape index (κ2) is 22.6. The molecule has 3 N–H and O–H groups in total. The Balaban J connectivity index is 1.48. The molecule has 0 saturated heterocycles. The number of aliphatic hydroxyl groups is 1. The number of hydrogen-bond donors (Lipinski definition) is 3. The molecule has 1 saturated carbocycles. The van der Waals surface area contributed by atoms with Gasteiger partial charge in [0.2, 0.25) is 5.91 Å². The van der Waals surface area contributed by atoms with Crippen LogP contribution in [0, 0.1) is 12.3 Å². The number of fused-ring (bicyclic) bond motifs is 1. The summed E-state index contributed by atoms with van der Waals surface area (Å²) in [4.78, 5) is 67.5. The van der Waals surface area contributed by atoms with Crippen LogP contribution in [-0.2, 0) is 14.3 Å². The molecule has 1 aliphatic rings. The predicted octanol–water partition coefficient (Wildman–Crippen LogP) is 10.6. The zero-order valence-corrected chi connectivity index (χ0v) is 37.8. The van der Waals surface area contributed by atoms with Gasteiger partial charge in [-0.15, -0.1) is 0 Å². The molecule has 1 aliphatic carbocycles. The van der Waals surface area contributed by atoms with Gasteiger partial charge in [-0.25, -0.2) is 14.8 Å². The van der Waals surface area contributed by atoms with Crippen LogP contribution in [0.2, 0.25) is 15.1 Å². The van der Waals surface area contributed by atoms with Gasteiger partial charge in [-0.2, -0.15) is 4.68 Å². The van der Waals surface area contributed by atoms with Crippen LogP contribution in [0.4, 0.5) is 17.1 Å². The second-order valence-corrected chi connectivity index (χ2v) is 16.9. The number of hydrogen-bond acceptors (Lipinski definition) is 9. The van der Waals surface area contributed by atoms with E-state index in [1.807, 2.05) is 37.8 Å². The largest absolute Gasteiger partial charge is 0.462 e. The van der Waals surface area contributed by atoms with E-state index in [2.05, 4.69) is 17.7 Å². The Labute approximate surface area is 373 Å². The molecular formula is C46H57Cl3N6O6. The highest BCUT2D eigenvalue weighted by molar-refractivity contribution is 6.49. The fourth-order valence-electron chi connectivity index (χ4n) is 7.22. The first kappa shape index (κ1) is 47.6. The number of ether oxygens (including phenoxy) is 1. The highest BCUT2D eigenvalue weighted by atomic mass is 35.5. The maximum Gasteiger partial charge on any atom is 0.339 e. The van der Waals surface area contributed by atoms with Crippen molar-refractivity contribution in [3.05, 3.63) is 90.9 Å². The molecule has 12 nitrogen and oxygen atoms in total. The van der Waals surface area contributed by atoms with Crippen molar-refractivity contribution < 1.29 is 24.2 Å². The second-order valence-electron chi connectivity index (χ2n) is 15.6. The SMILES string of the molecule is CCCCCCCCCCCCOC(=O)c1cc(NC(=O)/C(=N/c2ccc(N(CC)CCO)cc2C)c2nc3ccc(Cl)cc3c(=O)n2NC(=O)C2(CC)CC2)c(Cl)cc1Cl. The van der Waals surface area contributed by atoms with Crippen molar-refractivity contribution in [2.24, 2.45) is 10.4 Å². The number of esters is 1. The Morgan fingerprint density at radius 2 is 1.59 bits per heavy atom. The number of benzene rings is 3. The summed E-state index contributed by atoms with van der Waals surface area (Å²) in [6.07, 6.45) is 13.2. The number of unbranched alkanes of at least 4 members (excludes halogenated alkanes) is 9. The van der Waals surface area contributed by atoms with Crippen molar-refractivity contribution in [3.8, 4) is 0 Å². The third-order valence-electron chi connectivity index (χ3n) is 11.3. The molecular weight excluding hydrogens is 839 g/mol. The predicted molar refractivity (Wildman–Crippen MR) is 247 cm³/mol. The summed E-state index contributed by atoms with van der Waals surface area (Å²) in [5.74, 6) is -2.17. The number of aliphatic hydroxyl groups excluding tert-OH is 1. The maximum absolute atomic E-state index is 14.7. The highest BCUT2D eigenvalue weighted by Gasteiger charge is 2.48. The third kappa shape index (κ3) is 12.3. The number of carbonyl (C=O) groups excluding carboxylic acids is 3. The number of nitrogens with zero attached hydrogens (tertiary/aromatic N) is 4. The maximum atomic E-state index is 14.7. The van der Waals surface area contributed by atoms with Crippen molar-refractivity contribution in [3.63, 3.8) is 0 Å². The van der Waals surface area contributed by atoms with Crippen molar-refractivity contribution in [1.29, 1.82) is 0 Å². The fraction of sp³-hybridized carbons (Fsp3) is 0.478. The van der Waals surface area contributed by atoms with E-state index in [1.165, 1.54) is 56.7 Å². The number of anilines is 2. The van der Waals surface area contributed by atoms with E-state index in [9.17, 15) is 24.3 Å².